The molecular weight excluding hydrogens is 288 g/mol. The predicted molar refractivity (Wildman–Crippen MR) is 87.7 cm³/mol. The first-order valence-electron chi connectivity index (χ1n) is 9.10. The molecule has 5 rings (SSSR count). The topological polar surface area (TPSA) is 55.1 Å². The molecule has 0 atom stereocenters. The molecule has 23 heavy (non-hydrogen) atoms. The van der Waals surface area contributed by atoms with E-state index in [4.69, 9.17) is 4.52 Å². The Morgan fingerprint density at radius 1 is 1.09 bits per heavy atom. The molecule has 0 unspecified atom stereocenters. The summed E-state index contributed by atoms with van der Waals surface area (Å²) in [5.41, 5.74) is 1.47. The lowest BCUT2D eigenvalue weighted by Crippen LogP contribution is -2.54. The molecule has 4 nitrogen and oxygen atoms in total. The molecule has 4 bridgehead atoms. The second-order valence-electron chi connectivity index (χ2n) is 8.77. The Morgan fingerprint density at radius 3 is 2.13 bits per heavy atom. The first-order chi connectivity index (χ1) is 10.8. The van der Waals surface area contributed by atoms with Crippen LogP contribution >= 0.6 is 0 Å². The maximum Gasteiger partial charge on any atom is 0.224 e. The van der Waals surface area contributed by atoms with Gasteiger partial charge < -0.3 is 9.84 Å². The molecule has 4 heteroatoms. The zero-order chi connectivity index (χ0) is 16.4. The number of aryl methyl sites for hydroxylation is 2. The van der Waals surface area contributed by atoms with Crippen LogP contribution in [0.2, 0.25) is 0 Å². The summed E-state index contributed by atoms with van der Waals surface area (Å²) in [6.45, 7) is 8.00. The summed E-state index contributed by atoms with van der Waals surface area (Å²) in [4.78, 5) is 13.1. The van der Waals surface area contributed by atoms with Crippen molar-refractivity contribution in [1.29, 1.82) is 0 Å². The molecule has 1 aromatic heterocycles. The maximum atomic E-state index is 13.1. The number of hydrogen-bond donors (Lipinski definition) is 1. The van der Waals surface area contributed by atoms with Crippen molar-refractivity contribution in [2.75, 3.05) is 0 Å². The van der Waals surface area contributed by atoms with Crippen LogP contribution in [0.15, 0.2) is 4.52 Å². The largest absolute Gasteiger partial charge is 0.361 e. The zero-order valence-electron chi connectivity index (χ0n) is 14.7. The van der Waals surface area contributed by atoms with Gasteiger partial charge in [0.1, 0.15) is 5.76 Å². The Bertz CT molecular complexity index is 584. The molecule has 1 heterocycles. The van der Waals surface area contributed by atoms with E-state index >= 15 is 0 Å². The second-order valence-corrected chi connectivity index (χ2v) is 8.77. The molecule has 126 valence electrons. The molecule has 4 aliphatic rings. The number of carbonyl (C=O) groups is 1. The van der Waals surface area contributed by atoms with E-state index in [2.05, 4.69) is 24.3 Å². The second kappa shape index (κ2) is 5.09. The quantitative estimate of drug-likeness (QED) is 0.924. The van der Waals surface area contributed by atoms with Crippen LogP contribution < -0.4 is 5.32 Å². The van der Waals surface area contributed by atoms with Crippen LogP contribution in [0.25, 0.3) is 0 Å². The van der Waals surface area contributed by atoms with Gasteiger partial charge >= 0.3 is 0 Å². The van der Waals surface area contributed by atoms with E-state index < -0.39 is 5.54 Å². The third-order valence-electron chi connectivity index (χ3n) is 6.62. The number of nitrogens with zero attached hydrogens (tertiary/aromatic N) is 1. The molecular formula is C19H28N2O2. The van der Waals surface area contributed by atoms with Crippen LogP contribution in [0.1, 0.15) is 63.0 Å². The van der Waals surface area contributed by atoms with Gasteiger partial charge in [-0.2, -0.15) is 0 Å². The summed E-state index contributed by atoms with van der Waals surface area (Å²) in [6, 6.07) is 0. The van der Waals surface area contributed by atoms with Crippen molar-refractivity contribution in [2.24, 2.45) is 29.6 Å². The Kier molecular flexibility index (Phi) is 3.37. The van der Waals surface area contributed by atoms with Crippen LogP contribution in [0.3, 0.4) is 0 Å². The van der Waals surface area contributed by atoms with Crippen molar-refractivity contribution in [3.05, 3.63) is 17.0 Å². The third kappa shape index (κ3) is 2.41. The van der Waals surface area contributed by atoms with Gasteiger partial charge in [-0.25, -0.2) is 0 Å². The molecule has 4 aliphatic carbocycles. The minimum atomic E-state index is -0.431. The Balaban J connectivity index is 1.54. The predicted octanol–water partition coefficient (Wildman–Crippen LogP) is 3.72. The summed E-state index contributed by atoms with van der Waals surface area (Å²) < 4.78 is 5.30. The number of rotatable bonds is 3. The highest BCUT2D eigenvalue weighted by Gasteiger charge is 2.51. The van der Waals surface area contributed by atoms with Gasteiger partial charge in [0.15, 0.2) is 0 Å². The lowest BCUT2D eigenvalue weighted by atomic mass is 9.51. The van der Waals surface area contributed by atoms with Crippen molar-refractivity contribution in [3.8, 4) is 0 Å². The number of nitrogens with one attached hydrogen (secondary N) is 1. The fourth-order valence-electron chi connectivity index (χ4n) is 6.18. The summed E-state index contributed by atoms with van der Waals surface area (Å²) in [5, 5.41) is 7.38. The van der Waals surface area contributed by atoms with E-state index in [9.17, 15) is 4.79 Å². The Labute approximate surface area is 138 Å². The maximum absolute atomic E-state index is 13.1. The van der Waals surface area contributed by atoms with Crippen LogP contribution in [-0.4, -0.2) is 11.1 Å². The lowest BCUT2D eigenvalue weighted by Gasteiger charge is -2.54. The molecule has 0 aromatic carbocycles. The average molecular weight is 316 g/mol. The lowest BCUT2D eigenvalue weighted by molar-refractivity contribution is -0.139. The van der Waals surface area contributed by atoms with E-state index in [-0.39, 0.29) is 11.8 Å². The van der Waals surface area contributed by atoms with Gasteiger partial charge in [-0.3, -0.25) is 4.79 Å². The van der Waals surface area contributed by atoms with E-state index in [1.807, 2.05) is 13.8 Å². The van der Waals surface area contributed by atoms with Crippen molar-refractivity contribution in [3.63, 3.8) is 0 Å². The van der Waals surface area contributed by atoms with Crippen LogP contribution in [0, 0.1) is 43.4 Å². The number of hydrogen-bond acceptors (Lipinski definition) is 3. The van der Waals surface area contributed by atoms with Crippen molar-refractivity contribution in [1.82, 2.24) is 10.5 Å². The number of amides is 1. The van der Waals surface area contributed by atoms with Gasteiger partial charge in [0, 0.05) is 11.5 Å². The summed E-state index contributed by atoms with van der Waals surface area (Å²) in [7, 11) is 0. The summed E-state index contributed by atoms with van der Waals surface area (Å²) >= 11 is 0. The van der Waals surface area contributed by atoms with Crippen LogP contribution in [-0.2, 0) is 10.3 Å². The van der Waals surface area contributed by atoms with Crippen LogP contribution in [0.4, 0.5) is 0 Å². The third-order valence-corrected chi connectivity index (χ3v) is 6.62. The number of aromatic nitrogens is 1. The molecule has 1 amide bonds. The summed E-state index contributed by atoms with van der Waals surface area (Å²) in [5.74, 6) is 4.32. The molecule has 0 spiro atoms. The first kappa shape index (κ1) is 15.2. The Morgan fingerprint density at radius 2 is 1.65 bits per heavy atom. The molecule has 1 aromatic rings. The van der Waals surface area contributed by atoms with E-state index in [0.29, 0.717) is 11.8 Å². The minimum absolute atomic E-state index is 0.225. The van der Waals surface area contributed by atoms with Gasteiger partial charge in [0.2, 0.25) is 5.91 Å². The van der Waals surface area contributed by atoms with E-state index in [1.165, 1.54) is 32.1 Å². The van der Waals surface area contributed by atoms with Gasteiger partial charge in [0.05, 0.1) is 11.2 Å². The van der Waals surface area contributed by atoms with Gasteiger partial charge in [-0.05, 0) is 83.5 Å². The SMILES string of the molecule is Cc1noc(C)c1C(C)(C)NC(=O)C1C2CC3CC(C2)CC1C3. The normalized spacial score (nSPS) is 35.6. The van der Waals surface area contributed by atoms with E-state index in [1.54, 1.807) is 0 Å². The average Bonchev–Trinajstić information content (AvgIpc) is 2.76. The van der Waals surface area contributed by atoms with Crippen molar-refractivity contribution >= 4 is 5.91 Å². The monoisotopic (exact) mass is 316 g/mol. The Hall–Kier alpha value is -1.32. The minimum Gasteiger partial charge on any atom is -0.361 e. The molecule has 4 saturated carbocycles. The molecule has 0 saturated heterocycles. The van der Waals surface area contributed by atoms with Gasteiger partial charge in [-0.15, -0.1) is 0 Å². The van der Waals surface area contributed by atoms with E-state index in [0.717, 1.165) is 28.9 Å². The van der Waals surface area contributed by atoms with Gasteiger partial charge in [0.25, 0.3) is 0 Å². The molecule has 0 radical (unpaired) electrons. The van der Waals surface area contributed by atoms with Crippen molar-refractivity contribution < 1.29 is 9.32 Å². The number of carbonyl (C=O) groups excluding carboxylic acids is 1. The standard InChI is InChI=1S/C19H28N2O2/c1-10-17(11(2)23-21-10)19(3,4)20-18(22)16-14-6-12-5-13(8-14)9-15(16)7-12/h12-16H,5-9H2,1-4H3,(H,20,22). The highest BCUT2D eigenvalue weighted by Crippen LogP contribution is 2.56. The smallest absolute Gasteiger partial charge is 0.224 e. The highest BCUT2D eigenvalue weighted by atomic mass is 16.5. The van der Waals surface area contributed by atoms with Crippen molar-refractivity contribution in [2.45, 2.75) is 65.3 Å². The zero-order valence-corrected chi connectivity index (χ0v) is 14.7. The molecule has 1 N–H and O–H groups in total. The van der Waals surface area contributed by atoms with Crippen LogP contribution in [0.5, 0.6) is 0 Å². The highest BCUT2D eigenvalue weighted by molar-refractivity contribution is 5.80. The van der Waals surface area contributed by atoms with Gasteiger partial charge in [-0.1, -0.05) is 5.16 Å². The molecule has 0 aliphatic heterocycles. The fourth-order valence-corrected chi connectivity index (χ4v) is 6.18. The fraction of sp³-hybridized carbons (Fsp3) is 0.789. The summed E-state index contributed by atoms with van der Waals surface area (Å²) in [6.07, 6.45) is 6.52. The molecule has 4 fully saturated rings. The first-order valence-corrected chi connectivity index (χ1v) is 9.10.